The maximum Gasteiger partial charge on any atom is 0.238 e. The predicted octanol–water partition coefficient (Wildman–Crippen LogP) is 2.95. The van der Waals surface area contributed by atoms with Crippen LogP contribution in [0, 0.1) is 5.82 Å². The summed E-state index contributed by atoms with van der Waals surface area (Å²) in [6.45, 7) is 0.205. The molecule has 0 spiro atoms. The second kappa shape index (κ2) is 6.16. The van der Waals surface area contributed by atoms with Gasteiger partial charge in [0.2, 0.25) is 5.91 Å². The van der Waals surface area contributed by atoms with Gasteiger partial charge in [0.1, 0.15) is 0 Å². The average Bonchev–Trinajstić information content (AvgIpc) is 2.86. The SMILES string of the molecule is O=C(CNC1CCCC1)Nc1cccc(Cl)c1F. The van der Waals surface area contributed by atoms with Crippen LogP contribution in [-0.4, -0.2) is 18.5 Å². The fraction of sp³-hybridized carbons (Fsp3) is 0.462. The highest BCUT2D eigenvalue weighted by molar-refractivity contribution is 6.31. The zero-order valence-corrected chi connectivity index (χ0v) is 10.8. The Morgan fingerprint density at radius 1 is 1.39 bits per heavy atom. The van der Waals surface area contributed by atoms with Crippen molar-refractivity contribution >= 4 is 23.2 Å². The smallest absolute Gasteiger partial charge is 0.238 e. The number of carbonyl (C=O) groups excluding carboxylic acids is 1. The number of nitrogens with one attached hydrogen (secondary N) is 2. The summed E-state index contributed by atoms with van der Waals surface area (Å²) in [4.78, 5) is 11.6. The second-order valence-corrected chi connectivity index (χ2v) is 4.92. The molecule has 0 radical (unpaired) electrons. The van der Waals surface area contributed by atoms with Gasteiger partial charge in [-0.25, -0.2) is 4.39 Å². The Bertz CT molecular complexity index is 433. The summed E-state index contributed by atoms with van der Waals surface area (Å²) in [6.07, 6.45) is 4.64. The van der Waals surface area contributed by atoms with Crippen molar-refractivity contribution in [1.82, 2.24) is 5.32 Å². The van der Waals surface area contributed by atoms with E-state index >= 15 is 0 Å². The molecule has 0 aliphatic heterocycles. The van der Waals surface area contributed by atoms with Gasteiger partial charge in [-0.15, -0.1) is 0 Å². The fourth-order valence-corrected chi connectivity index (χ4v) is 2.34. The molecule has 0 bridgehead atoms. The number of anilines is 1. The lowest BCUT2D eigenvalue weighted by molar-refractivity contribution is -0.115. The normalized spacial score (nSPS) is 15.9. The second-order valence-electron chi connectivity index (χ2n) is 4.51. The molecule has 1 aromatic rings. The summed E-state index contributed by atoms with van der Waals surface area (Å²) in [5.74, 6) is -0.837. The lowest BCUT2D eigenvalue weighted by Gasteiger charge is -2.12. The predicted molar refractivity (Wildman–Crippen MR) is 70.3 cm³/mol. The Balaban J connectivity index is 1.84. The van der Waals surface area contributed by atoms with Crippen molar-refractivity contribution in [2.24, 2.45) is 0 Å². The minimum absolute atomic E-state index is 0.0107. The summed E-state index contributed by atoms with van der Waals surface area (Å²) < 4.78 is 13.5. The van der Waals surface area contributed by atoms with E-state index in [2.05, 4.69) is 10.6 Å². The third-order valence-electron chi connectivity index (χ3n) is 3.13. The molecule has 1 saturated carbocycles. The first-order chi connectivity index (χ1) is 8.66. The van der Waals surface area contributed by atoms with Crippen LogP contribution in [0.3, 0.4) is 0 Å². The number of hydrogen-bond donors (Lipinski definition) is 2. The topological polar surface area (TPSA) is 41.1 Å². The molecule has 18 heavy (non-hydrogen) atoms. The van der Waals surface area contributed by atoms with Crippen LogP contribution in [0.15, 0.2) is 18.2 Å². The van der Waals surface area contributed by atoms with Crippen molar-refractivity contribution in [3.8, 4) is 0 Å². The Morgan fingerprint density at radius 3 is 2.83 bits per heavy atom. The zero-order valence-electron chi connectivity index (χ0n) is 10.0. The highest BCUT2D eigenvalue weighted by Gasteiger charge is 2.16. The van der Waals surface area contributed by atoms with Gasteiger partial charge in [0, 0.05) is 6.04 Å². The monoisotopic (exact) mass is 270 g/mol. The van der Waals surface area contributed by atoms with Crippen molar-refractivity contribution in [2.75, 3.05) is 11.9 Å². The molecule has 1 fully saturated rings. The molecule has 0 atom stereocenters. The van der Waals surface area contributed by atoms with Gasteiger partial charge in [0.15, 0.2) is 5.82 Å². The van der Waals surface area contributed by atoms with Crippen LogP contribution in [0.5, 0.6) is 0 Å². The van der Waals surface area contributed by atoms with Gasteiger partial charge < -0.3 is 10.6 Å². The van der Waals surface area contributed by atoms with Crippen molar-refractivity contribution in [3.05, 3.63) is 29.0 Å². The molecule has 1 aliphatic rings. The molecule has 2 N–H and O–H groups in total. The van der Waals surface area contributed by atoms with Crippen molar-refractivity contribution < 1.29 is 9.18 Å². The quantitative estimate of drug-likeness (QED) is 0.883. The Kier molecular flexibility index (Phi) is 4.55. The van der Waals surface area contributed by atoms with Gasteiger partial charge in [-0.2, -0.15) is 0 Å². The van der Waals surface area contributed by atoms with Gasteiger partial charge in [-0.3, -0.25) is 4.79 Å². The summed E-state index contributed by atoms with van der Waals surface area (Å²) in [5, 5.41) is 5.69. The van der Waals surface area contributed by atoms with E-state index < -0.39 is 5.82 Å². The fourth-order valence-electron chi connectivity index (χ4n) is 2.16. The van der Waals surface area contributed by atoms with Crippen molar-refractivity contribution in [2.45, 2.75) is 31.7 Å². The van der Waals surface area contributed by atoms with E-state index in [4.69, 9.17) is 11.6 Å². The van der Waals surface area contributed by atoms with Crippen LogP contribution < -0.4 is 10.6 Å². The Labute approximate surface area is 111 Å². The molecule has 1 aromatic carbocycles. The van der Waals surface area contributed by atoms with E-state index in [-0.39, 0.29) is 23.2 Å². The first-order valence-corrected chi connectivity index (χ1v) is 6.52. The Morgan fingerprint density at radius 2 is 2.11 bits per heavy atom. The molecular weight excluding hydrogens is 255 g/mol. The van der Waals surface area contributed by atoms with E-state index in [9.17, 15) is 9.18 Å². The number of halogens is 2. The van der Waals surface area contributed by atoms with E-state index in [1.54, 1.807) is 6.07 Å². The highest BCUT2D eigenvalue weighted by atomic mass is 35.5. The van der Waals surface area contributed by atoms with E-state index in [0.29, 0.717) is 6.04 Å². The minimum atomic E-state index is -0.589. The zero-order chi connectivity index (χ0) is 13.0. The maximum absolute atomic E-state index is 13.5. The molecule has 3 nitrogen and oxygen atoms in total. The van der Waals surface area contributed by atoms with E-state index in [0.717, 1.165) is 12.8 Å². The number of benzene rings is 1. The van der Waals surface area contributed by atoms with Crippen LogP contribution in [-0.2, 0) is 4.79 Å². The first kappa shape index (κ1) is 13.3. The highest BCUT2D eigenvalue weighted by Crippen LogP contribution is 2.22. The summed E-state index contributed by atoms with van der Waals surface area (Å²) in [5.41, 5.74) is 0.126. The van der Waals surface area contributed by atoms with Crippen molar-refractivity contribution in [1.29, 1.82) is 0 Å². The van der Waals surface area contributed by atoms with Gasteiger partial charge in [0.25, 0.3) is 0 Å². The van der Waals surface area contributed by atoms with Gasteiger partial charge in [0.05, 0.1) is 17.3 Å². The number of hydrogen-bond acceptors (Lipinski definition) is 2. The molecule has 1 aliphatic carbocycles. The average molecular weight is 271 g/mol. The third kappa shape index (κ3) is 3.43. The van der Waals surface area contributed by atoms with Gasteiger partial charge >= 0.3 is 0 Å². The largest absolute Gasteiger partial charge is 0.322 e. The molecular formula is C13H16ClFN2O. The molecule has 5 heteroatoms. The molecule has 2 rings (SSSR count). The summed E-state index contributed by atoms with van der Waals surface area (Å²) >= 11 is 5.64. The summed E-state index contributed by atoms with van der Waals surface area (Å²) in [7, 11) is 0. The number of rotatable bonds is 4. The van der Waals surface area contributed by atoms with Gasteiger partial charge in [-0.05, 0) is 25.0 Å². The molecule has 0 unspecified atom stereocenters. The molecule has 0 heterocycles. The Hall–Kier alpha value is -1.13. The van der Waals surface area contributed by atoms with Crippen LogP contribution in [0.25, 0.3) is 0 Å². The molecule has 1 amide bonds. The minimum Gasteiger partial charge on any atom is -0.322 e. The number of carbonyl (C=O) groups is 1. The lowest BCUT2D eigenvalue weighted by Crippen LogP contribution is -2.34. The first-order valence-electron chi connectivity index (χ1n) is 6.14. The third-order valence-corrected chi connectivity index (χ3v) is 3.42. The van der Waals surface area contributed by atoms with Crippen molar-refractivity contribution in [3.63, 3.8) is 0 Å². The number of amides is 1. The lowest BCUT2D eigenvalue weighted by atomic mass is 10.2. The van der Waals surface area contributed by atoms with Crippen LogP contribution >= 0.6 is 11.6 Å². The van der Waals surface area contributed by atoms with Crippen LogP contribution in [0.4, 0.5) is 10.1 Å². The molecule has 0 aromatic heterocycles. The maximum atomic E-state index is 13.5. The van der Waals surface area contributed by atoms with Crippen LogP contribution in [0.2, 0.25) is 5.02 Å². The summed E-state index contributed by atoms with van der Waals surface area (Å²) in [6, 6.07) is 4.96. The standard InChI is InChI=1S/C13H16ClFN2O/c14-10-6-3-7-11(13(10)15)17-12(18)8-16-9-4-1-2-5-9/h3,6-7,9,16H,1-2,4-5,8H2,(H,17,18). The molecule has 0 saturated heterocycles. The van der Waals surface area contributed by atoms with E-state index in [1.165, 1.54) is 25.0 Å². The van der Waals surface area contributed by atoms with Crippen LogP contribution in [0.1, 0.15) is 25.7 Å². The molecule has 98 valence electrons. The van der Waals surface area contributed by atoms with E-state index in [1.807, 2.05) is 0 Å². The van der Waals surface area contributed by atoms with Gasteiger partial charge in [-0.1, -0.05) is 30.5 Å².